The zero-order valence-corrected chi connectivity index (χ0v) is 11.6. The minimum atomic E-state index is -4.43. The fourth-order valence-electron chi connectivity index (χ4n) is 1.97. The van der Waals surface area contributed by atoms with Crippen LogP contribution in [0.15, 0.2) is 41.4 Å². The van der Waals surface area contributed by atoms with Crippen molar-refractivity contribution in [2.45, 2.75) is 4.90 Å². The lowest BCUT2D eigenvalue weighted by atomic mass is 10.2. The zero-order valence-electron chi connectivity index (χ0n) is 10.8. The van der Waals surface area contributed by atoms with Gasteiger partial charge in [-0.05, 0) is 18.2 Å². The van der Waals surface area contributed by atoms with E-state index in [-0.39, 0.29) is 5.69 Å². The summed E-state index contributed by atoms with van der Waals surface area (Å²) >= 11 is 0. The molecule has 5 nitrogen and oxygen atoms in total. The molecule has 0 amide bonds. The third-order valence-electron chi connectivity index (χ3n) is 3.01. The van der Waals surface area contributed by atoms with E-state index in [9.17, 15) is 21.6 Å². The van der Waals surface area contributed by atoms with Gasteiger partial charge in [0.25, 0.3) is 10.0 Å². The van der Waals surface area contributed by atoms with Gasteiger partial charge in [0.05, 0.1) is 17.4 Å². The number of hydrogen-bond donors (Lipinski definition) is 2. The Kier molecular flexibility index (Phi) is 3.28. The Morgan fingerprint density at radius 2 is 1.82 bits per heavy atom. The van der Waals surface area contributed by atoms with Crippen molar-refractivity contribution in [2.75, 3.05) is 4.72 Å². The number of nitrogens with zero attached hydrogens (tertiary/aromatic N) is 1. The maximum atomic E-state index is 13.7. The van der Waals surface area contributed by atoms with Gasteiger partial charge in [-0.3, -0.25) is 9.82 Å². The number of sulfonamides is 1. The third kappa shape index (κ3) is 2.29. The van der Waals surface area contributed by atoms with E-state index < -0.39 is 32.4 Å². The van der Waals surface area contributed by atoms with E-state index in [4.69, 9.17) is 0 Å². The van der Waals surface area contributed by atoms with Gasteiger partial charge in [0, 0.05) is 5.39 Å². The summed E-state index contributed by atoms with van der Waals surface area (Å²) in [5.41, 5.74) is 0.494. The predicted molar refractivity (Wildman–Crippen MR) is 73.2 cm³/mol. The molecular formula is C13H8F3N3O2S. The van der Waals surface area contributed by atoms with Gasteiger partial charge in [0.1, 0.15) is 4.90 Å². The molecule has 114 valence electrons. The van der Waals surface area contributed by atoms with Crippen LogP contribution in [0.3, 0.4) is 0 Å². The highest BCUT2D eigenvalue weighted by molar-refractivity contribution is 7.92. The third-order valence-corrected chi connectivity index (χ3v) is 4.39. The Morgan fingerprint density at radius 3 is 2.59 bits per heavy atom. The molecule has 0 atom stereocenters. The number of anilines is 1. The summed E-state index contributed by atoms with van der Waals surface area (Å²) < 4.78 is 66.2. The normalized spacial score (nSPS) is 11.8. The molecule has 3 rings (SSSR count). The zero-order chi connectivity index (χ0) is 15.9. The van der Waals surface area contributed by atoms with Crippen molar-refractivity contribution in [1.82, 2.24) is 10.2 Å². The largest absolute Gasteiger partial charge is 0.277 e. The first-order valence-corrected chi connectivity index (χ1v) is 7.47. The molecule has 0 fully saturated rings. The van der Waals surface area contributed by atoms with E-state index in [2.05, 4.69) is 14.9 Å². The second kappa shape index (κ2) is 5.02. The number of hydrogen-bond acceptors (Lipinski definition) is 3. The highest BCUT2D eigenvalue weighted by atomic mass is 32.2. The quantitative estimate of drug-likeness (QED) is 0.726. The van der Waals surface area contributed by atoms with Crippen LogP contribution in [0, 0.1) is 17.5 Å². The van der Waals surface area contributed by atoms with Crippen LogP contribution >= 0.6 is 0 Å². The summed E-state index contributed by atoms with van der Waals surface area (Å²) in [6.45, 7) is 0. The molecule has 0 bridgehead atoms. The van der Waals surface area contributed by atoms with Crippen molar-refractivity contribution in [3.8, 4) is 0 Å². The van der Waals surface area contributed by atoms with Crippen LogP contribution in [0.25, 0.3) is 10.9 Å². The van der Waals surface area contributed by atoms with E-state index in [0.29, 0.717) is 23.0 Å². The molecule has 3 aromatic rings. The Balaban J connectivity index is 2.08. The lowest BCUT2D eigenvalue weighted by Crippen LogP contribution is -2.16. The number of rotatable bonds is 3. The first kappa shape index (κ1) is 14.4. The van der Waals surface area contributed by atoms with Gasteiger partial charge in [0.2, 0.25) is 0 Å². The first-order valence-electron chi connectivity index (χ1n) is 5.98. The summed E-state index contributed by atoms with van der Waals surface area (Å²) in [6, 6.07) is 5.88. The molecule has 2 N–H and O–H groups in total. The molecule has 0 saturated heterocycles. The lowest BCUT2D eigenvalue weighted by Gasteiger charge is -2.10. The molecule has 0 radical (unpaired) electrons. The fourth-order valence-corrected chi connectivity index (χ4v) is 3.11. The van der Waals surface area contributed by atoms with Crippen molar-refractivity contribution < 1.29 is 21.6 Å². The first-order chi connectivity index (χ1) is 10.4. The van der Waals surface area contributed by atoms with Gasteiger partial charge in [-0.15, -0.1) is 0 Å². The number of aromatic amines is 1. The molecule has 0 saturated carbocycles. The van der Waals surface area contributed by atoms with Crippen LogP contribution in [-0.4, -0.2) is 18.6 Å². The van der Waals surface area contributed by atoms with E-state index >= 15 is 0 Å². The number of halogens is 3. The number of benzene rings is 2. The summed E-state index contributed by atoms with van der Waals surface area (Å²) in [5.74, 6) is -5.08. The molecular weight excluding hydrogens is 319 g/mol. The van der Waals surface area contributed by atoms with E-state index in [1.807, 2.05) is 0 Å². The van der Waals surface area contributed by atoms with Crippen molar-refractivity contribution in [2.24, 2.45) is 0 Å². The maximum absolute atomic E-state index is 13.7. The smallest absolute Gasteiger partial charge is 0.265 e. The summed E-state index contributed by atoms with van der Waals surface area (Å²) in [6.07, 6.45) is 1.48. The van der Waals surface area contributed by atoms with Crippen LogP contribution in [0.1, 0.15) is 0 Å². The van der Waals surface area contributed by atoms with Crippen LogP contribution in [0.5, 0.6) is 0 Å². The summed E-state index contributed by atoms with van der Waals surface area (Å²) in [4.78, 5) is -0.983. The van der Waals surface area contributed by atoms with Crippen molar-refractivity contribution in [1.29, 1.82) is 0 Å². The van der Waals surface area contributed by atoms with E-state index in [1.54, 1.807) is 12.1 Å². The SMILES string of the molecule is O=S(=O)(Nc1cccc2cn[nH]c12)c1ccc(F)c(F)c1F. The molecule has 1 heterocycles. The number of nitrogens with one attached hydrogen (secondary N) is 2. The topological polar surface area (TPSA) is 74.8 Å². The molecule has 0 unspecified atom stereocenters. The minimum absolute atomic E-state index is 0.110. The molecule has 0 spiro atoms. The number of aromatic nitrogens is 2. The van der Waals surface area contributed by atoms with Crippen molar-refractivity contribution in [3.63, 3.8) is 0 Å². The Bertz CT molecular complexity index is 970. The minimum Gasteiger partial charge on any atom is -0.277 e. The van der Waals surface area contributed by atoms with E-state index in [0.717, 1.165) is 0 Å². The average Bonchev–Trinajstić information content (AvgIpc) is 2.94. The second-order valence-electron chi connectivity index (χ2n) is 4.42. The monoisotopic (exact) mass is 327 g/mol. The van der Waals surface area contributed by atoms with Gasteiger partial charge < -0.3 is 0 Å². The molecule has 9 heteroatoms. The van der Waals surface area contributed by atoms with E-state index in [1.165, 1.54) is 12.3 Å². The van der Waals surface area contributed by atoms with Gasteiger partial charge in [-0.1, -0.05) is 12.1 Å². The Labute approximate surface area is 122 Å². The molecule has 1 aromatic heterocycles. The van der Waals surface area contributed by atoms with Crippen LogP contribution in [-0.2, 0) is 10.0 Å². The lowest BCUT2D eigenvalue weighted by molar-refractivity contribution is 0.432. The summed E-state index contributed by atoms with van der Waals surface area (Å²) in [7, 11) is -4.43. The number of H-pyrrole nitrogens is 1. The number of para-hydroxylation sites is 1. The highest BCUT2D eigenvalue weighted by Crippen LogP contribution is 2.26. The summed E-state index contributed by atoms with van der Waals surface area (Å²) in [5, 5.41) is 6.99. The van der Waals surface area contributed by atoms with Crippen LogP contribution in [0.2, 0.25) is 0 Å². The van der Waals surface area contributed by atoms with Crippen molar-refractivity contribution in [3.05, 3.63) is 54.0 Å². The maximum Gasteiger partial charge on any atom is 0.265 e. The molecule has 0 aliphatic rings. The van der Waals surface area contributed by atoms with Crippen LogP contribution < -0.4 is 4.72 Å². The number of fused-ring (bicyclic) bond motifs is 1. The van der Waals surface area contributed by atoms with Crippen LogP contribution in [0.4, 0.5) is 18.9 Å². The van der Waals surface area contributed by atoms with Gasteiger partial charge in [-0.25, -0.2) is 21.6 Å². The van der Waals surface area contributed by atoms with Gasteiger partial charge >= 0.3 is 0 Å². The average molecular weight is 327 g/mol. The predicted octanol–water partition coefficient (Wildman–Crippen LogP) is 2.78. The van der Waals surface area contributed by atoms with Crippen molar-refractivity contribution >= 4 is 26.6 Å². The fraction of sp³-hybridized carbons (Fsp3) is 0. The molecule has 0 aliphatic carbocycles. The molecule has 2 aromatic carbocycles. The Hall–Kier alpha value is -2.55. The van der Waals surface area contributed by atoms with Gasteiger partial charge in [-0.2, -0.15) is 5.10 Å². The Morgan fingerprint density at radius 1 is 1.05 bits per heavy atom. The molecule has 22 heavy (non-hydrogen) atoms. The standard InChI is InChI=1S/C13H8F3N3O2S/c14-8-4-5-10(12(16)11(8)15)22(20,21)19-9-3-1-2-7-6-17-18-13(7)9/h1-6,19H,(H,17,18). The second-order valence-corrected chi connectivity index (χ2v) is 6.07. The molecule has 0 aliphatic heterocycles. The highest BCUT2D eigenvalue weighted by Gasteiger charge is 2.24. The van der Waals surface area contributed by atoms with Gasteiger partial charge in [0.15, 0.2) is 17.5 Å².